The van der Waals surface area contributed by atoms with Crippen LogP contribution in [-0.2, 0) is 4.74 Å². The van der Waals surface area contributed by atoms with Gasteiger partial charge in [0.25, 0.3) is 0 Å². The van der Waals surface area contributed by atoms with Crippen molar-refractivity contribution in [2.45, 2.75) is 64.7 Å². The number of rotatable bonds is 15. The molecule has 3 nitrogen and oxygen atoms in total. The lowest BCUT2D eigenvalue weighted by Gasteiger charge is -2.10. The molecule has 0 aliphatic carbocycles. The number of unbranched alkanes of at least 4 members (excludes halogenated alkanes) is 7. The van der Waals surface area contributed by atoms with Gasteiger partial charge in [0.2, 0.25) is 0 Å². The van der Waals surface area contributed by atoms with Crippen LogP contribution in [0.3, 0.4) is 0 Å². The van der Waals surface area contributed by atoms with Crippen LogP contribution in [0.5, 0.6) is 11.5 Å². The molecule has 2 aromatic carbocycles. The fraction of sp³-hybridized carbons (Fsp3) is 0.583. The van der Waals surface area contributed by atoms with Crippen LogP contribution in [0.15, 0.2) is 36.4 Å². The third-order valence-corrected chi connectivity index (χ3v) is 4.81. The largest absolute Gasteiger partial charge is 0.494 e. The minimum atomic E-state index is 0.776. The van der Waals surface area contributed by atoms with E-state index in [1.165, 1.54) is 49.3 Å². The van der Waals surface area contributed by atoms with Crippen LogP contribution >= 0.6 is 0 Å². The normalized spacial score (nSPS) is 11.0. The van der Waals surface area contributed by atoms with Gasteiger partial charge >= 0.3 is 0 Å². The maximum atomic E-state index is 5.90. The second-order valence-electron chi connectivity index (χ2n) is 7.19. The number of hydrogen-bond donors (Lipinski definition) is 0. The lowest BCUT2D eigenvalue weighted by Crippen LogP contribution is -1.98. The highest BCUT2D eigenvalue weighted by atomic mass is 16.5. The highest BCUT2D eigenvalue weighted by Gasteiger charge is 2.01. The Morgan fingerprint density at radius 1 is 0.593 bits per heavy atom. The minimum Gasteiger partial charge on any atom is -0.494 e. The predicted octanol–water partition coefficient (Wildman–Crippen LogP) is 6.77. The zero-order valence-electron chi connectivity index (χ0n) is 17.2. The van der Waals surface area contributed by atoms with Gasteiger partial charge in [-0.15, -0.1) is 0 Å². The Labute approximate surface area is 165 Å². The summed E-state index contributed by atoms with van der Waals surface area (Å²) in [5.41, 5.74) is 0. The van der Waals surface area contributed by atoms with Gasteiger partial charge in [-0.05, 0) is 60.7 Å². The molecule has 0 N–H and O–H groups in total. The number of hydrogen-bond acceptors (Lipinski definition) is 3. The quantitative estimate of drug-likeness (QED) is 0.323. The molecule has 0 saturated carbocycles. The topological polar surface area (TPSA) is 27.7 Å². The summed E-state index contributed by atoms with van der Waals surface area (Å²) in [6.45, 7) is 4.68. The van der Waals surface area contributed by atoms with Crippen molar-refractivity contribution >= 4 is 10.8 Å². The second kappa shape index (κ2) is 13.4. The van der Waals surface area contributed by atoms with Gasteiger partial charge in [0.1, 0.15) is 11.5 Å². The van der Waals surface area contributed by atoms with Crippen molar-refractivity contribution in [2.75, 3.05) is 26.9 Å². The molecule has 0 amide bonds. The number of fused-ring (bicyclic) bond motifs is 1. The molecule has 0 saturated heterocycles. The van der Waals surface area contributed by atoms with E-state index in [1.54, 1.807) is 7.11 Å². The summed E-state index contributed by atoms with van der Waals surface area (Å²) in [6.07, 6.45) is 10.9. The highest BCUT2D eigenvalue weighted by Crippen LogP contribution is 2.25. The molecule has 0 bridgehead atoms. The molecule has 0 fully saturated rings. The van der Waals surface area contributed by atoms with Crippen LogP contribution in [-0.4, -0.2) is 26.9 Å². The van der Waals surface area contributed by atoms with E-state index in [2.05, 4.69) is 43.3 Å². The molecule has 0 aliphatic heterocycles. The van der Waals surface area contributed by atoms with Gasteiger partial charge in [-0.2, -0.15) is 0 Å². The molecule has 0 unspecified atom stereocenters. The fourth-order valence-electron chi connectivity index (χ4n) is 3.17. The molecule has 0 heterocycles. The lowest BCUT2D eigenvalue weighted by molar-refractivity contribution is 0.191. The molecule has 3 heteroatoms. The van der Waals surface area contributed by atoms with E-state index in [9.17, 15) is 0 Å². The second-order valence-corrected chi connectivity index (χ2v) is 7.19. The van der Waals surface area contributed by atoms with Crippen LogP contribution in [0.25, 0.3) is 10.8 Å². The zero-order chi connectivity index (χ0) is 19.2. The van der Waals surface area contributed by atoms with Crippen molar-refractivity contribution in [1.29, 1.82) is 0 Å². The Kier molecular flexibility index (Phi) is 10.7. The Hall–Kier alpha value is -1.74. The summed E-state index contributed by atoms with van der Waals surface area (Å²) >= 11 is 0. The van der Waals surface area contributed by atoms with E-state index < -0.39 is 0 Å². The molecule has 27 heavy (non-hydrogen) atoms. The Balaban J connectivity index is 1.72. The van der Waals surface area contributed by atoms with Crippen LogP contribution in [0.2, 0.25) is 0 Å². The molecule has 0 radical (unpaired) electrons. The minimum absolute atomic E-state index is 0.776. The summed E-state index contributed by atoms with van der Waals surface area (Å²) in [6, 6.07) is 12.6. The van der Waals surface area contributed by atoms with E-state index in [0.29, 0.717) is 0 Å². The molecule has 2 aromatic rings. The first kappa shape index (κ1) is 21.6. The van der Waals surface area contributed by atoms with Gasteiger partial charge < -0.3 is 14.2 Å². The summed E-state index contributed by atoms with van der Waals surface area (Å²) in [7, 11) is 1.76. The van der Waals surface area contributed by atoms with Crippen molar-refractivity contribution in [2.24, 2.45) is 0 Å². The average molecular weight is 373 g/mol. The molecular weight excluding hydrogens is 336 g/mol. The third-order valence-electron chi connectivity index (χ3n) is 4.81. The summed E-state index contributed by atoms with van der Waals surface area (Å²) in [5, 5.41) is 2.40. The van der Waals surface area contributed by atoms with Gasteiger partial charge in [0.15, 0.2) is 0 Å². The van der Waals surface area contributed by atoms with Gasteiger partial charge in [0.05, 0.1) is 13.2 Å². The predicted molar refractivity (Wildman–Crippen MR) is 114 cm³/mol. The van der Waals surface area contributed by atoms with Crippen LogP contribution in [0.4, 0.5) is 0 Å². The molecule has 2 rings (SSSR count). The van der Waals surface area contributed by atoms with Gasteiger partial charge in [0, 0.05) is 13.7 Å². The molecule has 150 valence electrons. The molecule has 0 aromatic heterocycles. The van der Waals surface area contributed by atoms with Gasteiger partial charge in [-0.3, -0.25) is 0 Å². The Morgan fingerprint density at radius 2 is 1.07 bits per heavy atom. The first-order chi connectivity index (χ1) is 13.3. The Bertz CT molecular complexity index is 639. The first-order valence-corrected chi connectivity index (χ1v) is 10.6. The highest BCUT2D eigenvalue weighted by molar-refractivity contribution is 5.85. The van der Waals surface area contributed by atoms with Crippen molar-refractivity contribution < 1.29 is 14.2 Å². The summed E-state index contributed by atoms with van der Waals surface area (Å²) in [4.78, 5) is 0. The van der Waals surface area contributed by atoms with Gasteiger partial charge in [-0.25, -0.2) is 0 Å². The maximum Gasteiger partial charge on any atom is 0.119 e. The molecule has 0 atom stereocenters. The molecular formula is C24H36O3. The lowest BCUT2D eigenvalue weighted by atomic mass is 10.1. The van der Waals surface area contributed by atoms with Crippen molar-refractivity contribution in [3.8, 4) is 11.5 Å². The van der Waals surface area contributed by atoms with Crippen molar-refractivity contribution in [1.82, 2.24) is 0 Å². The van der Waals surface area contributed by atoms with Crippen LogP contribution < -0.4 is 9.47 Å². The van der Waals surface area contributed by atoms with E-state index >= 15 is 0 Å². The zero-order valence-corrected chi connectivity index (χ0v) is 17.2. The van der Waals surface area contributed by atoms with E-state index in [1.807, 2.05) is 0 Å². The van der Waals surface area contributed by atoms with Crippen LogP contribution in [0, 0.1) is 0 Å². The number of methoxy groups -OCH3 is 1. The molecule has 0 spiro atoms. The van der Waals surface area contributed by atoms with E-state index in [-0.39, 0.29) is 0 Å². The average Bonchev–Trinajstić information content (AvgIpc) is 2.70. The molecule has 0 aliphatic rings. The SMILES string of the molecule is CCCCCCCOc1ccc2cc(OCCCCCCOC)ccc2c1. The maximum absolute atomic E-state index is 5.90. The van der Waals surface area contributed by atoms with Crippen molar-refractivity contribution in [3.05, 3.63) is 36.4 Å². The first-order valence-electron chi connectivity index (χ1n) is 10.6. The number of ether oxygens (including phenoxy) is 3. The number of benzene rings is 2. The van der Waals surface area contributed by atoms with Gasteiger partial charge in [-0.1, -0.05) is 51.2 Å². The third kappa shape index (κ3) is 8.66. The van der Waals surface area contributed by atoms with Crippen LogP contribution in [0.1, 0.15) is 64.7 Å². The summed E-state index contributed by atoms with van der Waals surface area (Å²) in [5.74, 6) is 1.91. The monoisotopic (exact) mass is 372 g/mol. The van der Waals surface area contributed by atoms with E-state index in [0.717, 1.165) is 50.6 Å². The Morgan fingerprint density at radius 3 is 1.56 bits per heavy atom. The summed E-state index contributed by atoms with van der Waals surface area (Å²) < 4.78 is 16.9. The van der Waals surface area contributed by atoms with E-state index in [4.69, 9.17) is 14.2 Å². The smallest absolute Gasteiger partial charge is 0.119 e. The van der Waals surface area contributed by atoms with Crippen molar-refractivity contribution in [3.63, 3.8) is 0 Å². The standard InChI is InChI=1S/C24H36O3/c1-3-4-5-6-10-17-26-23-14-12-22-20-24(15-13-21(22)19-23)27-18-11-8-7-9-16-25-2/h12-15,19-20H,3-11,16-18H2,1-2H3. The fourth-order valence-corrected chi connectivity index (χ4v) is 3.17.